The summed E-state index contributed by atoms with van der Waals surface area (Å²) < 4.78 is 30.9. The topological polar surface area (TPSA) is 80.7 Å². The number of methoxy groups -OCH3 is 3. The van der Waals surface area contributed by atoms with Crippen LogP contribution in [0, 0.1) is 5.82 Å². The molecule has 3 aromatic carbocycles. The quantitative estimate of drug-likeness (QED) is 0.354. The fourth-order valence-electron chi connectivity index (χ4n) is 4.43. The minimum Gasteiger partial charge on any atom is -0.497 e. The summed E-state index contributed by atoms with van der Waals surface area (Å²) in [7, 11) is 4.58. The highest BCUT2D eigenvalue weighted by molar-refractivity contribution is 6.33. The van der Waals surface area contributed by atoms with Gasteiger partial charge in [-0.3, -0.25) is 9.59 Å². The van der Waals surface area contributed by atoms with Crippen LogP contribution < -0.4 is 9.47 Å². The predicted molar refractivity (Wildman–Crippen MR) is 146 cm³/mol. The Bertz CT molecular complexity index is 1380. The maximum Gasteiger partial charge on any atom is 0.262 e. The van der Waals surface area contributed by atoms with Gasteiger partial charge in [0.05, 0.1) is 43.2 Å². The van der Waals surface area contributed by atoms with E-state index in [2.05, 4.69) is 5.10 Å². The molecular formula is C29H29ClFN3O5. The molecular weight excluding hydrogens is 525 g/mol. The molecule has 0 saturated heterocycles. The number of hydrazone groups is 1. The van der Waals surface area contributed by atoms with Gasteiger partial charge in [-0.2, -0.15) is 5.10 Å². The Kier molecular flexibility index (Phi) is 9.16. The van der Waals surface area contributed by atoms with Crippen molar-refractivity contribution in [3.8, 4) is 11.5 Å². The lowest BCUT2D eigenvalue weighted by molar-refractivity contribution is -0.133. The molecule has 2 amide bonds. The van der Waals surface area contributed by atoms with Crippen LogP contribution in [0.1, 0.15) is 33.9 Å². The van der Waals surface area contributed by atoms with Crippen LogP contribution in [-0.4, -0.2) is 68.5 Å². The van der Waals surface area contributed by atoms with Crippen molar-refractivity contribution >= 4 is 29.1 Å². The van der Waals surface area contributed by atoms with Gasteiger partial charge in [-0.1, -0.05) is 41.9 Å². The molecule has 1 aliphatic heterocycles. The second-order valence-electron chi connectivity index (χ2n) is 8.79. The van der Waals surface area contributed by atoms with Crippen LogP contribution in [0.2, 0.25) is 5.02 Å². The van der Waals surface area contributed by atoms with Crippen molar-refractivity contribution < 1.29 is 28.2 Å². The largest absolute Gasteiger partial charge is 0.497 e. The van der Waals surface area contributed by atoms with E-state index < -0.39 is 23.7 Å². The summed E-state index contributed by atoms with van der Waals surface area (Å²) in [5.74, 6) is -0.246. The smallest absolute Gasteiger partial charge is 0.262 e. The zero-order valence-electron chi connectivity index (χ0n) is 21.9. The number of benzene rings is 3. The molecule has 8 nitrogen and oxygen atoms in total. The van der Waals surface area contributed by atoms with E-state index in [4.69, 9.17) is 25.8 Å². The molecule has 0 unspecified atom stereocenters. The summed E-state index contributed by atoms with van der Waals surface area (Å²) in [6, 6.07) is 17.5. The van der Waals surface area contributed by atoms with E-state index in [9.17, 15) is 14.0 Å². The van der Waals surface area contributed by atoms with Crippen molar-refractivity contribution in [3.05, 3.63) is 94.3 Å². The van der Waals surface area contributed by atoms with Crippen LogP contribution in [0.25, 0.3) is 0 Å². The molecule has 0 fully saturated rings. The van der Waals surface area contributed by atoms with E-state index in [0.29, 0.717) is 28.3 Å². The molecule has 0 radical (unpaired) electrons. The summed E-state index contributed by atoms with van der Waals surface area (Å²) in [5, 5.41) is 6.13. The van der Waals surface area contributed by atoms with Crippen molar-refractivity contribution in [2.24, 2.45) is 5.10 Å². The molecule has 39 heavy (non-hydrogen) atoms. The number of rotatable bonds is 10. The van der Waals surface area contributed by atoms with Crippen molar-refractivity contribution in [2.75, 3.05) is 41.0 Å². The van der Waals surface area contributed by atoms with E-state index in [1.807, 2.05) is 0 Å². The summed E-state index contributed by atoms with van der Waals surface area (Å²) >= 11 is 6.27. The zero-order valence-corrected chi connectivity index (χ0v) is 22.7. The van der Waals surface area contributed by atoms with E-state index in [0.717, 1.165) is 0 Å². The Balaban J connectivity index is 1.72. The monoisotopic (exact) mass is 553 g/mol. The van der Waals surface area contributed by atoms with Gasteiger partial charge < -0.3 is 19.1 Å². The highest BCUT2D eigenvalue weighted by Gasteiger charge is 2.37. The number of hydrogen-bond donors (Lipinski definition) is 0. The second kappa shape index (κ2) is 12.7. The van der Waals surface area contributed by atoms with Crippen LogP contribution >= 0.6 is 11.6 Å². The molecule has 10 heteroatoms. The molecule has 0 aromatic heterocycles. The number of ether oxygens (including phenoxy) is 3. The first-order valence-corrected chi connectivity index (χ1v) is 12.6. The fraction of sp³-hybridized carbons (Fsp3) is 0.276. The van der Waals surface area contributed by atoms with Gasteiger partial charge in [-0.15, -0.1) is 0 Å². The normalized spacial score (nSPS) is 14.6. The summed E-state index contributed by atoms with van der Waals surface area (Å²) in [6.45, 7) is 0.0573. The number of nitrogens with zero attached hydrogens (tertiary/aromatic N) is 3. The van der Waals surface area contributed by atoms with Gasteiger partial charge in [-0.05, 0) is 36.4 Å². The van der Waals surface area contributed by atoms with Gasteiger partial charge in [0.2, 0.25) is 0 Å². The molecule has 3 aromatic rings. The molecule has 1 aliphatic rings. The van der Waals surface area contributed by atoms with Gasteiger partial charge in [-0.25, -0.2) is 9.40 Å². The van der Waals surface area contributed by atoms with Crippen LogP contribution in [0.15, 0.2) is 71.8 Å². The third kappa shape index (κ3) is 6.21. The first-order valence-electron chi connectivity index (χ1n) is 12.3. The van der Waals surface area contributed by atoms with Crippen LogP contribution in [-0.2, 0) is 9.53 Å². The SMILES string of the molecule is COCCN(CC(=O)N1N=C(c2ccccc2F)C[C@@H]1c1cc(OC)ccc1OC)C(=O)c1ccccc1Cl. The van der Waals surface area contributed by atoms with E-state index in [-0.39, 0.29) is 36.7 Å². The van der Waals surface area contributed by atoms with Crippen molar-refractivity contribution in [2.45, 2.75) is 12.5 Å². The molecule has 0 N–H and O–H groups in total. The summed E-state index contributed by atoms with van der Waals surface area (Å²) in [6.07, 6.45) is 0.229. The number of amides is 2. The average molecular weight is 554 g/mol. The molecule has 0 bridgehead atoms. The van der Waals surface area contributed by atoms with E-state index in [1.165, 1.54) is 30.2 Å². The molecule has 4 rings (SSSR count). The third-order valence-corrected chi connectivity index (χ3v) is 6.76. The second-order valence-corrected chi connectivity index (χ2v) is 9.20. The van der Waals surface area contributed by atoms with Crippen molar-refractivity contribution in [1.82, 2.24) is 9.91 Å². The number of halogens is 2. The van der Waals surface area contributed by atoms with Gasteiger partial charge in [0.1, 0.15) is 23.9 Å². The van der Waals surface area contributed by atoms with Crippen LogP contribution in [0.4, 0.5) is 4.39 Å². The molecule has 0 spiro atoms. The maximum atomic E-state index is 14.7. The number of carbonyl (C=O) groups excluding carboxylic acids is 2. The highest BCUT2D eigenvalue weighted by Crippen LogP contribution is 2.39. The van der Waals surface area contributed by atoms with Crippen molar-refractivity contribution in [1.29, 1.82) is 0 Å². The van der Waals surface area contributed by atoms with E-state index >= 15 is 0 Å². The fourth-order valence-corrected chi connectivity index (χ4v) is 4.65. The average Bonchev–Trinajstić information content (AvgIpc) is 3.40. The first kappa shape index (κ1) is 28.1. The Hall–Kier alpha value is -3.95. The standard InChI is InChI=1S/C29H29ClFN3O5/c1-37-15-14-33(29(36)20-8-4-6-10-23(20)30)18-28(35)34-26(22-16-19(38-2)12-13-27(22)39-3)17-25(32-34)21-9-5-7-11-24(21)31/h4-13,16,26H,14-15,17-18H2,1-3H3/t26-/m1/s1. The van der Waals surface area contributed by atoms with Gasteiger partial charge in [0.15, 0.2) is 0 Å². The molecule has 1 atom stereocenters. The highest BCUT2D eigenvalue weighted by atomic mass is 35.5. The minimum atomic E-state index is -0.628. The lowest BCUT2D eigenvalue weighted by atomic mass is 9.97. The van der Waals surface area contributed by atoms with E-state index in [1.54, 1.807) is 67.8 Å². The lowest BCUT2D eigenvalue weighted by Gasteiger charge is -2.28. The molecule has 0 aliphatic carbocycles. The Morgan fingerprint density at radius 2 is 1.79 bits per heavy atom. The number of carbonyl (C=O) groups is 2. The lowest BCUT2D eigenvalue weighted by Crippen LogP contribution is -2.43. The molecule has 0 saturated carbocycles. The van der Waals surface area contributed by atoms with Gasteiger partial charge >= 0.3 is 0 Å². The zero-order chi connectivity index (χ0) is 27.9. The van der Waals surface area contributed by atoms with Crippen LogP contribution in [0.3, 0.4) is 0 Å². The minimum absolute atomic E-state index is 0.150. The van der Waals surface area contributed by atoms with Gasteiger partial charge in [0, 0.05) is 31.2 Å². The van der Waals surface area contributed by atoms with Gasteiger partial charge in [0.25, 0.3) is 11.8 Å². The summed E-state index contributed by atoms with van der Waals surface area (Å²) in [5.41, 5.74) is 1.60. The Labute approximate surface area is 231 Å². The Morgan fingerprint density at radius 1 is 1.05 bits per heavy atom. The molecule has 1 heterocycles. The molecule has 204 valence electrons. The maximum absolute atomic E-state index is 14.7. The first-order chi connectivity index (χ1) is 18.9. The van der Waals surface area contributed by atoms with Crippen molar-refractivity contribution in [3.63, 3.8) is 0 Å². The predicted octanol–water partition coefficient (Wildman–Crippen LogP) is 4.96. The number of hydrogen-bond acceptors (Lipinski definition) is 6. The van der Waals surface area contributed by atoms with Crippen LogP contribution in [0.5, 0.6) is 11.5 Å². The Morgan fingerprint density at radius 3 is 2.49 bits per heavy atom. The third-order valence-electron chi connectivity index (χ3n) is 6.43. The summed E-state index contributed by atoms with van der Waals surface area (Å²) in [4.78, 5) is 28.6.